The van der Waals surface area contributed by atoms with Gasteiger partial charge < -0.3 is 9.64 Å². The van der Waals surface area contributed by atoms with Crippen LogP contribution in [0.4, 0.5) is 0 Å². The summed E-state index contributed by atoms with van der Waals surface area (Å²) in [6, 6.07) is 5.43. The van der Waals surface area contributed by atoms with E-state index in [1.807, 2.05) is 11.0 Å². The molecule has 2 fully saturated rings. The van der Waals surface area contributed by atoms with Crippen LogP contribution < -0.4 is 4.74 Å². The van der Waals surface area contributed by atoms with E-state index in [1.54, 1.807) is 12.1 Å². The van der Waals surface area contributed by atoms with Gasteiger partial charge in [0.15, 0.2) is 0 Å². The summed E-state index contributed by atoms with van der Waals surface area (Å²) in [7, 11) is 0. The maximum absolute atomic E-state index is 12.4. The number of likely N-dealkylation sites (tertiary alicyclic amines) is 1. The first-order valence-electron chi connectivity index (χ1n) is 7.78. The highest BCUT2D eigenvalue weighted by atomic mass is 16.5. The van der Waals surface area contributed by atoms with Crippen LogP contribution >= 0.6 is 0 Å². The van der Waals surface area contributed by atoms with Gasteiger partial charge in [0.05, 0.1) is 12.1 Å². The molecule has 0 bridgehead atoms. The zero-order chi connectivity index (χ0) is 15.7. The molecule has 1 unspecified atom stereocenters. The number of pyridine rings is 1. The van der Waals surface area contributed by atoms with E-state index < -0.39 is 0 Å². The number of hydrogen-bond donors (Lipinski definition) is 0. The summed E-state index contributed by atoms with van der Waals surface area (Å²) in [5, 5.41) is 8.75. The topological polar surface area (TPSA) is 66.2 Å². The number of ether oxygens (including phenoxy) is 1. The van der Waals surface area contributed by atoms with Gasteiger partial charge in [0.2, 0.25) is 11.8 Å². The van der Waals surface area contributed by atoms with Gasteiger partial charge in [-0.25, -0.2) is 4.98 Å². The Morgan fingerprint density at radius 2 is 2.23 bits per heavy atom. The third-order valence-corrected chi connectivity index (χ3v) is 4.56. The molecule has 2 heterocycles. The van der Waals surface area contributed by atoms with Gasteiger partial charge in [-0.3, -0.25) is 4.79 Å². The van der Waals surface area contributed by atoms with Gasteiger partial charge in [-0.2, -0.15) is 5.26 Å². The molecule has 1 atom stereocenters. The Bertz CT molecular complexity index is 595. The van der Waals surface area contributed by atoms with Gasteiger partial charge >= 0.3 is 0 Å². The third kappa shape index (κ3) is 3.06. The molecule has 0 N–H and O–H groups in total. The second-order valence-corrected chi connectivity index (χ2v) is 7.08. The molecule has 1 aromatic rings. The highest BCUT2D eigenvalue weighted by molar-refractivity contribution is 5.80. The number of carbonyl (C=O) groups is 1. The molecule has 0 aromatic carbocycles. The van der Waals surface area contributed by atoms with Crippen LogP contribution in [0.2, 0.25) is 0 Å². The Morgan fingerprint density at radius 3 is 2.82 bits per heavy atom. The van der Waals surface area contributed by atoms with Crippen LogP contribution in [0.1, 0.15) is 38.7 Å². The summed E-state index contributed by atoms with van der Waals surface area (Å²) in [6.45, 7) is 5.82. The predicted octanol–water partition coefficient (Wildman–Crippen LogP) is 2.37. The molecule has 1 saturated heterocycles. The molecule has 1 aliphatic heterocycles. The first kappa shape index (κ1) is 14.8. The molecule has 1 saturated carbocycles. The lowest BCUT2D eigenvalue weighted by molar-refractivity contribution is -0.141. The van der Waals surface area contributed by atoms with Crippen LogP contribution in [0.5, 0.6) is 5.88 Å². The zero-order valence-corrected chi connectivity index (χ0v) is 13.1. The molecule has 5 nitrogen and oxygen atoms in total. The number of nitriles is 1. The van der Waals surface area contributed by atoms with E-state index >= 15 is 0 Å². The first-order chi connectivity index (χ1) is 10.5. The second-order valence-electron chi connectivity index (χ2n) is 7.08. The summed E-state index contributed by atoms with van der Waals surface area (Å²) in [5.74, 6) is 0.989. The molecule has 1 aromatic heterocycles. The van der Waals surface area contributed by atoms with Gasteiger partial charge in [-0.1, -0.05) is 13.8 Å². The number of rotatable bonds is 3. The highest BCUT2D eigenvalue weighted by Gasteiger charge is 2.43. The average Bonchev–Trinajstić information content (AvgIpc) is 2.93. The van der Waals surface area contributed by atoms with Crippen molar-refractivity contribution < 1.29 is 9.53 Å². The third-order valence-electron chi connectivity index (χ3n) is 4.56. The van der Waals surface area contributed by atoms with Crippen LogP contribution in [0.25, 0.3) is 0 Å². The van der Waals surface area contributed by atoms with Crippen molar-refractivity contribution in [1.82, 2.24) is 9.88 Å². The van der Waals surface area contributed by atoms with Gasteiger partial charge in [-0.15, -0.1) is 0 Å². The molecule has 22 heavy (non-hydrogen) atoms. The van der Waals surface area contributed by atoms with E-state index in [-0.39, 0.29) is 17.9 Å². The summed E-state index contributed by atoms with van der Waals surface area (Å²) in [5.41, 5.74) is 0.839. The van der Waals surface area contributed by atoms with E-state index in [9.17, 15) is 4.79 Å². The SMILES string of the molecule is CC1(C)CC(C(=O)N2CCC(Oc3ccc(C#N)cn3)C2)C1. The minimum atomic E-state index is -0.00234. The molecule has 5 heteroatoms. The van der Waals surface area contributed by atoms with Crippen LogP contribution in [0.3, 0.4) is 0 Å². The average molecular weight is 299 g/mol. The molecule has 0 spiro atoms. The Morgan fingerprint density at radius 1 is 1.45 bits per heavy atom. The van der Waals surface area contributed by atoms with Gasteiger partial charge in [0.1, 0.15) is 12.2 Å². The first-order valence-corrected chi connectivity index (χ1v) is 7.78. The van der Waals surface area contributed by atoms with Crippen molar-refractivity contribution in [2.24, 2.45) is 11.3 Å². The van der Waals surface area contributed by atoms with Crippen LogP contribution in [-0.2, 0) is 4.79 Å². The van der Waals surface area contributed by atoms with E-state index in [0.717, 1.165) is 25.8 Å². The fraction of sp³-hybridized carbons (Fsp3) is 0.588. The maximum atomic E-state index is 12.4. The largest absolute Gasteiger partial charge is 0.472 e. The smallest absolute Gasteiger partial charge is 0.225 e. The monoisotopic (exact) mass is 299 g/mol. The number of nitrogens with zero attached hydrogens (tertiary/aromatic N) is 3. The minimum Gasteiger partial charge on any atom is -0.472 e. The van der Waals surface area contributed by atoms with E-state index in [2.05, 4.69) is 18.8 Å². The molecule has 2 aliphatic rings. The van der Waals surface area contributed by atoms with Crippen LogP contribution in [-0.4, -0.2) is 35.0 Å². The molecule has 0 radical (unpaired) electrons. The quantitative estimate of drug-likeness (QED) is 0.859. The second kappa shape index (κ2) is 5.60. The van der Waals surface area contributed by atoms with Crippen LogP contribution in [0.15, 0.2) is 18.3 Å². The normalized spacial score (nSPS) is 23.7. The van der Waals surface area contributed by atoms with Crippen molar-refractivity contribution in [2.75, 3.05) is 13.1 Å². The molecular formula is C17H21N3O2. The van der Waals surface area contributed by atoms with Crippen molar-refractivity contribution >= 4 is 5.91 Å². The lowest BCUT2D eigenvalue weighted by Crippen LogP contribution is -2.44. The van der Waals surface area contributed by atoms with E-state index in [1.165, 1.54) is 6.20 Å². The molecule has 116 valence electrons. The van der Waals surface area contributed by atoms with Crippen molar-refractivity contribution in [3.63, 3.8) is 0 Å². The summed E-state index contributed by atoms with van der Waals surface area (Å²) >= 11 is 0. The summed E-state index contributed by atoms with van der Waals surface area (Å²) < 4.78 is 5.81. The van der Waals surface area contributed by atoms with Crippen molar-refractivity contribution in [1.29, 1.82) is 5.26 Å². The number of amides is 1. The van der Waals surface area contributed by atoms with Gasteiger partial charge in [0.25, 0.3) is 0 Å². The lowest BCUT2D eigenvalue weighted by atomic mass is 9.64. The Hall–Kier alpha value is -2.09. The van der Waals surface area contributed by atoms with Crippen molar-refractivity contribution in [2.45, 2.75) is 39.2 Å². The van der Waals surface area contributed by atoms with Gasteiger partial charge in [-0.05, 0) is 24.3 Å². The standard InChI is InChI=1S/C17H21N3O2/c1-17(2)7-13(8-17)16(21)20-6-5-14(11-20)22-15-4-3-12(9-18)10-19-15/h3-4,10,13-14H,5-8,11H2,1-2H3. The zero-order valence-electron chi connectivity index (χ0n) is 13.1. The molecule has 1 amide bonds. The lowest BCUT2D eigenvalue weighted by Gasteiger charge is -2.43. The Balaban J connectivity index is 1.52. The molecule has 1 aliphatic carbocycles. The van der Waals surface area contributed by atoms with Crippen molar-refractivity contribution in [3.8, 4) is 11.9 Å². The highest BCUT2D eigenvalue weighted by Crippen LogP contribution is 2.45. The van der Waals surface area contributed by atoms with E-state index in [0.29, 0.717) is 23.4 Å². The van der Waals surface area contributed by atoms with E-state index in [4.69, 9.17) is 10.00 Å². The van der Waals surface area contributed by atoms with Gasteiger partial charge in [0, 0.05) is 31.1 Å². The fourth-order valence-electron chi connectivity index (χ4n) is 3.42. The fourth-order valence-corrected chi connectivity index (χ4v) is 3.42. The number of carbonyl (C=O) groups excluding carboxylic acids is 1. The molecular weight excluding hydrogens is 278 g/mol. The summed E-state index contributed by atoms with van der Waals surface area (Å²) in [6.07, 6.45) is 4.32. The van der Waals surface area contributed by atoms with Crippen LogP contribution in [0, 0.1) is 22.7 Å². The minimum absolute atomic E-state index is 0.00234. The Kier molecular flexibility index (Phi) is 3.78. The summed E-state index contributed by atoms with van der Waals surface area (Å²) in [4.78, 5) is 18.5. The number of aromatic nitrogens is 1. The predicted molar refractivity (Wildman–Crippen MR) is 81.1 cm³/mol. The Labute approximate surface area is 130 Å². The van der Waals surface area contributed by atoms with Crippen molar-refractivity contribution in [3.05, 3.63) is 23.9 Å². The number of hydrogen-bond acceptors (Lipinski definition) is 4. The molecule has 3 rings (SSSR count). The maximum Gasteiger partial charge on any atom is 0.225 e.